The van der Waals surface area contributed by atoms with Gasteiger partial charge in [-0.25, -0.2) is 0 Å². The molecule has 1 rings (SSSR count). The fraction of sp³-hybridized carbons (Fsp3) is 0.750. The molecule has 0 radical (unpaired) electrons. The molecule has 1 heterocycles. The largest absolute Gasteiger partial charge is 0.467 e. The maximum atomic E-state index is 8.87. The molecule has 0 atom stereocenters. The first-order chi connectivity index (χ1) is 9.00. The van der Waals surface area contributed by atoms with Gasteiger partial charge in [-0.3, -0.25) is 0 Å². The van der Waals surface area contributed by atoms with Crippen LogP contribution in [0.25, 0.3) is 0 Å². The van der Waals surface area contributed by atoms with E-state index in [4.69, 9.17) is 14.6 Å². The van der Waals surface area contributed by atoms with Crippen LogP contribution in [0.3, 0.4) is 0 Å². The van der Waals surface area contributed by atoms with Crippen molar-refractivity contribution in [3.05, 3.63) is 0 Å². The topological polar surface area (TPSA) is 89.4 Å². The summed E-state index contributed by atoms with van der Waals surface area (Å²) in [6.45, 7) is 5.12. The van der Waals surface area contributed by atoms with E-state index in [1.54, 1.807) is 0 Å². The summed E-state index contributed by atoms with van der Waals surface area (Å²) in [5.74, 6) is 0.417. The summed E-state index contributed by atoms with van der Waals surface area (Å²) in [5, 5.41) is 12.0. The molecule has 7 nitrogen and oxygen atoms in total. The highest BCUT2D eigenvalue weighted by Gasteiger charge is 2.18. The molecule has 19 heavy (non-hydrogen) atoms. The Labute approximate surface area is 113 Å². The average Bonchev–Trinajstić information content (AvgIpc) is 2.42. The maximum absolute atomic E-state index is 8.87. The van der Waals surface area contributed by atoms with Crippen LogP contribution < -0.4 is 14.8 Å². The number of aromatic nitrogens is 3. The highest BCUT2D eigenvalue weighted by Crippen LogP contribution is 2.22. The Morgan fingerprint density at radius 1 is 1.11 bits per heavy atom. The zero-order valence-electron chi connectivity index (χ0n) is 11.9. The van der Waals surface area contributed by atoms with Crippen LogP contribution in [0.5, 0.6) is 12.0 Å². The van der Waals surface area contributed by atoms with E-state index in [0.717, 1.165) is 12.8 Å². The molecule has 0 aliphatic heterocycles. The first-order valence-corrected chi connectivity index (χ1v) is 6.19. The predicted molar refractivity (Wildman–Crippen MR) is 71.5 cm³/mol. The van der Waals surface area contributed by atoms with Crippen LogP contribution in [-0.2, 0) is 0 Å². The number of ether oxygens (including phenoxy) is 2. The summed E-state index contributed by atoms with van der Waals surface area (Å²) in [5.41, 5.74) is 0.0375. The minimum Gasteiger partial charge on any atom is -0.467 e. The van der Waals surface area contributed by atoms with Crippen LogP contribution in [0.2, 0.25) is 0 Å². The Bertz CT molecular complexity index is 376. The van der Waals surface area contributed by atoms with E-state index in [1.807, 2.05) is 0 Å². The van der Waals surface area contributed by atoms with Crippen LogP contribution in [0, 0.1) is 5.41 Å². The number of anilines is 1. The van der Waals surface area contributed by atoms with Gasteiger partial charge in [0.15, 0.2) is 0 Å². The van der Waals surface area contributed by atoms with Crippen molar-refractivity contribution in [2.75, 3.05) is 32.7 Å². The van der Waals surface area contributed by atoms with Gasteiger partial charge in [-0.2, -0.15) is 9.97 Å². The number of methoxy groups -OCH3 is 2. The number of aliphatic hydroxyl groups is 1. The molecule has 1 aromatic rings. The molecule has 0 aliphatic carbocycles. The summed E-state index contributed by atoms with van der Waals surface area (Å²) in [7, 11) is 2.98. The van der Waals surface area contributed by atoms with Gasteiger partial charge in [-0.05, 0) is 18.3 Å². The van der Waals surface area contributed by atoms with Crippen molar-refractivity contribution in [2.45, 2.75) is 26.7 Å². The number of hydrogen-bond donors (Lipinski definition) is 2. The lowest BCUT2D eigenvalue weighted by atomic mass is 9.88. The lowest BCUT2D eigenvalue weighted by Crippen LogP contribution is -2.24. The van der Waals surface area contributed by atoms with Gasteiger partial charge >= 0.3 is 12.0 Å². The third kappa shape index (κ3) is 5.25. The van der Waals surface area contributed by atoms with Crippen molar-refractivity contribution in [3.8, 4) is 12.0 Å². The van der Waals surface area contributed by atoms with Gasteiger partial charge in [-0.15, -0.1) is 4.98 Å². The van der Waals surface area contributed by atoms with E-state index in [9.17, 15) is 0 Å². The second-order valence-corrected chi connectivity index (χ2v) is 4.98. The predicted octanol–water partition coefficient (Wildman–Crippen LogP) is 1.10. The van der Waals surface area contributed by atoms with Gasteiger partial charge in [0.1, 0.15) is 0 Å². The molecule has 0 saturated carbocycles. The molecule has 0 aliphatic rings. The zero-order valence-corrected chi connectivity index (χ0v) is 11.9. The highest BCUT2D eigenvalue weighted by molar-refractivity contribution is 5.27. The summed E-state index contributed by atoms with van der Waals surface area (Å²) >= 11 is 0. The second kappa shape index (κ2) is 7.08. The van der Waals surface area contributed by atoms with Crippen LogP contribution in [0.1, 0.15) is 26.7 Å². The van der Waals surface area contributed by atoms with Crippen LogP contribution in [0.4, 0.5) is 5.95 Å². The van der Waals surface area contributed by atoms with Gasteiger partial charge in [0.05, 0.1) is 14.2 Å². The molecule has 0 fully saturated rings. The molecule has 0 aromatic carbocycles. The van der Waals surface area contributed by atoms with E-state index >= 15 is 0 Å². The quantitative estimate of drug-likeness (QED) is 0.731. The van der Waals surface area contributed by atoms with Crippen molar-refractivity contribution in [1.82, 2.24) is 15.0 Å². The lowest BCUT2D eigenvalue weighted by molar-refractivity contribution is 0.247. The van der Waals surface area contributed by atoms with E-state index in [-0.39, 0.29) is 24.0 Å². The normalized spacial score (nSPS) is 11.2. The number of nitrogens with zero attached hydrogens (tertiary/aromatic N) is 3. The standard InChI is InChI=1S/C12H22N4O3/c1-12(2,6-5-7-17)8-13-9-14-10(18-3)16-11(15-9)19-4/h17H,5-8H2,1-4H3,(H,13,14,15,16). The molecule has 1 aromatic heterocycles. The van der Waals surface area contributed by atoms with E-state index in [2.05, 4.69) is 34.1 Å². The van der Waals surface area contributed by atoms with Crippen molar-refractivity contribution in [3.63, 3.8) is 0 Å². The van der Waals surface area contributed by atoms with Crippen LogP contribution >= 0.6 is 0 Å². The fourth-order valence-corrected chi connectivity index (χ4v) is 1.56. The molecule has 0 amide bonds. The number of hydrogen-bond acceptors (Lipinski definition) is 7. The summed E-state index contributed by atoms with van der Waals surface area (Å²) in [6.07, 6.45) is 1.69. The first-order valence-electron chi connectivity index (χ1n) is 6.19. The van der Waals surface area contributed by atoms with E-state index < -0.39 is 0 Å². The van der Waals surface area contributed by atoms with Gasteiger partial charge in [0.2, 0.25) is 5.95 Å². The summed E-state index contributed by atoms with van der Waals surface area (Å²) in [4.78, 5) is 12.1. The number of aliphatic hydroxyl groups excluding tert-OH is 1. The highest BCUT2D eigenvalue weighted by atomic mass is 16.5. The molecule has 0 unspecified atom stereocenters. The molecule has 2 N–H and O–H groups in total. The zero-order chi connectivity index (χ0) is 14.3. The SMILES string of the molecule is COc1nc(NCC(C)(C)CCCO)nc(OC)n1. The minimum absolute atomic E-state index is 0.0375. The van der Waals surface area contributed by atoms with Gasteiger partial charge in [0, 0.05) is 13.2 Å². The Morgan fingerprint density at radius 3 is 2.16 bits per heavy atom. The van der Waals surface area contributed by atoms with Crippen molar-refractivity contribution in [2.24, 2.45) is 5.41 Å². The number of rotatable bonds is 8. The Kier molecular flexibility index (Phi) is 5.75. The molecular formula is C12H22N4O3. The maximum Gasteiger partial charge on any atom is 0.324 e. The van der Waals surface area contributed by atoms with E-state index in [0.29, 0.717) is 12.5 Å². The lowest BCUT2D eigenvalue weighted by Gasteiger charge is -2.24. The van der Waals surface area contributed by atoms with Gasteiger partial charge in [0.25, 0.3) is 0 Å². The third-order valence-corrected chi connectivity index (χ3v) is 2.70. The van der Waals surface area contributed by atoms with Crippen molar-refractivity contribution < 1.29 is 14.6 Å². The van der Waals surface area contributed by atoms with E-state index in [1.165, 1.54) is 14.2 Å². The second-order valence-electron chi connectivity index (χ2n) is 4.98. The fourth-order valence-electron chi connectivity index (χ4n) is 1.56. The van der Waals surface area contributed by atoms with Crippen molar-refractivity contribution in [1.29, 1.82) is 0 Å². The third-order valence-electron chi connectivity index (χ3n) is 2.70. The van der Waals surface area contributed by atoms with Crippen LogP contribution in [0.15, 0.2) is 0 Å². The molecular weight excluding hydrogens is 248 g/mol. The molecule has 108 valence electrons. The smallest absolute Gasteiger partial charge is 0.324 e. The Hall–Kier alpha value is -1.63. The monoisotopic (exact) mass is 270 g/mol. The van der Waals surface area contributed by atoms with Gasteiger partial charge in [-0.1, -0.05) is 13.8 Å². The van der Waals surface area contributed by atoms with Gasteiger partial charge < -0.3 is 19.9 Å². The summed E-state index contributed by atoms with van der Waals surface area (Å²) in [6, 6.07) is 0.421. The first kappa shape index (κ1) is 15.4. The summed E-state index contributed by atoms with van der Waals surface area (Å²) < 4.78 is 9.96. The van der Waals surface area contributed by atoms with Crippen LogP contribution in [-0.4, -0.2) is 47.4 Å². The van der Waals surface area contributed by atoms with Crippen molar-refractivity contribution >= 4 is 5.95 Å². The number of nitrogens with one attached hydrogen (secondary N) is 1. The molecule has 0 saturated heterocycles. The minimum atomic E-state index is 0.0375. The molecule has 7 heteroatoms. The Morgan fingerprint density at radius 2 is 1.68 bits per heavy atom. The Balaban J connectivity index is 2.66. The average molecular weight is 270 g/mol. The molecule has 0 spiro atoms. The molecule has 0 bridgehead atoms.